The first-order valence-electron chi connectivity index (χ1n) is 8.97. The Morgan fingerprint density at radius 1 is 1.27 bits per heavy atom. The molecule has 0 spiro atoms. The van der Waals surface area contributed by atoms with Gasteiger partial charge in [0.15, 0.2) is 0 Å². The average molecular weight is 391 g/mol. The number of benzene rings is 1. The third-order valence-corrected chi connectivity index (χ3v) is 6.29. The van der Waals surface area contributed by atoms with E-state index in [4.69, 9.17) is 11.6 Å². The van der Waals surface area contributed by atoms with E-state index in [1.54, 1.807) is 4.52 Å². The van der Waals surface area contributed by atoms with Crippen molar-refractivity contribution < 1.29 is 5.11 Å². The molecule has 1 fully saturated rings. The molecule has 1 aromatic carbocycles. The van der Waals surface area contributed by atoms with E-state index in [0.29, 0.717) is 22.7 Å². The summed E-state index contributed by atoms with van der Waals surface area (Å²) in [5, 5.41) is 15.9. The van der Waals surface area contributed by atoms with E-state index < -0.39 is 0 Å². The summed E-state index contributed by atoms with van der Waals surface area (Å²) in [6.45, 7) is 8.41. The molecule has 0 saturated carbocycles. The van der Waals surface area contributed by atoms with Crippen molar-refractivity contribution in [3.63, 3.8) is 0 Å². The van der Waals surface area contributed by atoms with Crippen LogP contribution in [0.3, 0.4) is 0 Å². The fourth-order valence-electron chi connectivity index (χ4n) is 4.15. The number of fused-ring (bicyclic) bond motifs is 1. The maximum absolute atomic E-state index is 10.9. The zero-order valence-electron chi connectivity index (χ0n) is 15.2. The Morgan fingerprint density at radius 3 is 2.65 bits per heavy atom. The van der Waals surface area contributed by atoms with Gasteiger partial charge in [-0.3, -0.25) is 4.90 Å². The van der Waals surface area contributed by atoms with Crippen LogP contribution in [0, 0.1) is 18.8 Å². The number of aromatic nitrogens is 3. The number of hydrogen-bond acceptors (Lipinski definition) is 5. The second-order valence-corrected chi connectivity index (χ2v) is 8.95. The van der Waals surface area contributed by atoms with Gasteiger partial charge in [0.25, 0.3) is 0 Å². The zero-order valence-corrected chi connectivity index (χ0v) is 16.8. The standard InChI is InChI=1S/C19H23ClN4OS/c1-11-7-12(2)10-23(9-11)16(14-5-4-6-15(20)8-14)17-18(25)24-19(26-17)21-13(3)22-24/h4-6,8,11-12,16,25H,7,9-10H2,1-3H3/t11-,12+,16-/m1/s1. The molecule has 3 aromatic rings. The number of nitrogens with zero attached hydrogens (tertiary/aromatic N) is 4. The van der Waals surface area contributed by atoms with Crippen molar-refractivity contribution in [1.82, 2.24) is 19.5 Å². The van der Waals surface area contributed by atoms with Crippen LogP contribution in [0.4, 0.5) is 0 Å². The summed E-state index contributed by atoms with van der Waals surface area (Å²) in [6, 6.07) is 7.89. The highest BCUT2D eigenvalue weighted by Crippen LogP contribution is 2.42. The molecule has 2 aromatic heterocycles. The summed E-state index contributed by atoms with van der Waals surface area (Å²) in [4.78, 5) is 8.49. The monoisotopic (exact) mass is 390 g/mol. The molecule has 138 valence electrons. The number of aryl methyl sites for hydroxylation is 1. The molecule has 5 nitrogen and oxygen atoms in total. The Morgan fingerprint density at radius 2 is 2.00 bits per heavy atom. The molecule has 3 atom stereocenters. The van der Waals surface area contributed by atoms with Crippen LogP contribution in [0.15, 0.2) is 24.3 Å². The van der Waals surface area contributed by atoms with Gasteiger partial charge < -0.3 is 5.11 Å². The molecule has 0 radical (unpaired) electrons. The normalized spacial score (nSPS) is 22.8. The average Bonchev–Trinajstić information content (AvgIpc) is 3.05. The maximum atomic E-state index is 10.9. The van der Waals surface area contributed by atoms with Gasteiger partial charge in [-0.1, -0.05) is 48.9 Å². The molecule has 26 heavy (non-hydrogen) atoms. The fraction of sp³-hybridized carbons (Fsp3) is 0.474. The van der Waals surface area contributed by atoms with Crippen LogP contribution < -0.4 is 0 Å². The summed E-state index contributed by atoms with van der Waals surface area (Å²) in [7, 11) is 0. The first kappa shape index (κ1) is 17.8. The molecule has 3 heterocycles. The first-order chi connectivity index (χ1) is 12.4. The lowest BCUT2D eigenvalue weighted by Gasteiger charge is -2.40. The summed E-state index contributed by atoms with van der Waals surface area (Å²) in [5.41, 5.74) is 1.09. The van der Waals surface area contributed by atoms with Gasteiger partial charge in [0.2, 0.25) is 10.8 Å². The van der Waals surface area contributed by atoms with E-state index >= 15 is 0 Å². The lowest BCUT2D eigenvalue weighted by atomic mass is 9.89. The Hall–Kier alpha value is -1.63. The topological polar surface area (TPSA) is 53.7 Å². The van der Waals surface area contributed by atoms with Crippen LogP contribution in [0.25, 0.3) is 4.96 Å². The smallest absolute Gasteiger partial charge is 0.230 e. The SMILES string of the molecule is Cc1nc2sc([C@@H](c3cccc(Cl)c3)N3C[C@H](C)C[C@H](C)C3)c(O)n2n1. The van der Waals surface area contributed by atoms with Crippen LogP contribution in [0.5, 0.6) is 5.88 Å². The molecule has 0 unspecified atom stereocenters. The fourth-order valence-corrected chi connectivity index (χ4v) is 5.51. The highest BCUT2D eigenvalue weighted by Gasteiger charge is 2.33. The maximum Gasteiger partial charge on any atom is 0.230 e. The van der Waals surface area contributed by atoms with E-state index in [0.717, 1.165) is 28.5 Å². The van der Waals surface area contributed by atoms with Gasteiger partial charge in [0.1, 0.15) is 5.82 Å². The molecular weight excluding hydrogens is 368 g/mol. The van der Waals surface area contributed by atoms with E-state index in [-0.39, 0.29) is 11.9 Å². The van der Waals surface area contributed by atoms with Gasteiger partial charge in [-0.05, 0) is 42.9 Å². The van der Waals surface area contributed by atoms with Gasteiger partial charge >= 0.3 is 0 Å². The molecule has 7 heteroatoms. The number of hydrogen-bond donors (Lipinski definition) is 1. The number of likely N-dealkylation sites (tertiary alicyclic amines) is 1. The van der Waals surface area contributed by atoms with E-state index in [1.165, 1.54) is 17.8 Å². The van der Waals surface area contributed by atoms with Crippen molar-refractivity contribution in [2.45, 2.75) is 33.2 Å². The Balaban J connectivity index is 1.84. The highest BCUT2D eigenvalue weighted by atomic mass is 35.5. The third-order valence-electron chi connectivity index (χ3n) is 4.98. The van der Waals surface area contributed by atoms with Crippen LogP contribution in [-0.2, 0) is 0 Å². The molecular formula is C19H23ClN4OS. The number of aromatic hydroxyl groups is 1. The Labute approximate surface area is 162 Å². The quantitative estimate of drug-likeness (QED) is 0.714. The van der Waals surface area contributed by atoms with Gasteiger partial charge in [-0.25, -0.2) is 4.98 Å². The first-order valence-corrected chi connectivity index (χ1v) is 10.2. The zero-order chi connectivity index (χ0) is 18.4. The summed E-state index contributed by atoms with van der Waals surface area (Å²) < 4.78 is 1.55. The molecule has 1 saturated heterocycles. The van der Waals surface area contributed by atoms with Crippen molar-refractivity contribution in [2.24, 2.45) is 11.8 Å². The molecule has 0 aliphatic carbocycles. The number of rotatable bonds is 3. The lowest BCUT2D eigenvalue weighted by Crippen LogP contribution is -2.41. The largest absolute Gasteiger partial charge is 0.492 e. The van der Waals surface area contributed by atoms with Gasteiger partial charge in [0, 0.05) is 18.1 Å². The van der Waals surface area contributed by atoms with Crippen molar-refractivity contribution in [2.75, 3.05) is 13.1 Å². The van der Waals surface area contributed by atoms with Crippen molar-refractivity contribution in [3.05, 3.63) is 45.6 Å². The second-order valence-electron chi connectivity index (χ2n) is 7.50. The molecule has 1 aliphatic rings. The molecule has 0 bridgehead atoms. The minimum atomic E-state index is -0.0484. The van der Waals surface area contributed by atoms with E-state index in [1.807, 2.05) is 25.1 Å². The number of thiazole rings is 1. The summed E-state index contributed by atoms with van der Waals surface area (Å²) in [5.74, 6) is 2.08. The van der Waals surface area contributed by atoms with Gasteiger partial charge in [-0.2, -0.15) is 4.52 Å². The summed E-state index contributed by atoms with van der Waals surface area (Å²) in [6.07, 6.45) is 1.24. The predicted octanol–water partition coefficient (Wildman–Crippen LogP) is 4.53. The minimum Gasteiger partial charge on any atom is -0.492 e. The van der Waals surface area contributed by atoms with Crippen LogP contribution in [0.2, 0.25) is 5.02 Å². The predicted molar refractivity (Wildman–Crippen MR) is 105 cm³/mol. The Bertz CT molecular complexity index is 927. The third kappa shape index (κ3) is 3.21. The number of piperidine rings is 1. The van der Waals surface area contributed by atoms with Gasteiger partial charge in [-0.15, -0.1) is 5.10 Å². The van der Waals surface area contributed by atoms with Crippen LogP contribution in [-0.4, -0.2) is 37.7 Å². The van der Waals surface area contributed by atoms with Crippen LogP contribution >= 0.6 is 22.9 Å². The molecule has 1 aliphatic heterocycles. The van der Waals surface area contributed by atoms with Crippen molar-refractivity contribution in [1.29, 1.82) is 0 Å². The van der Waals surface area contributed by atoms with E-state index in [2.05, 4.69) is 34.9 Å². The lowest BCUT2D eigenvalue weighted by molar-refractivity contribution is 0.112. The minimum absolute atomic E-state index is 0.0484. The van der Waals surface area contributed by atoms with Gasteiger partial charge in [0.05, 0.1) is 10.9 Å². The molecule has 4 rings (SSSR count). The Kier molecular flexibility index (Phi) is 4.67. The summed E-state index contributed by atoms with van der Waals surface area (Å²) >= 11 is 7.79. The van der Waals surface area contributed by atoms with Crippen molar-refractivity contribution >= 4 is 27.9 Å². The molecule has 1 N–H and O–H groups in total. The van der Waals surface area contributed by atoms with E-state index in [9.17, 15) is 5.11 Å². The molecule has 0 amide bonds. The second kappa shape index (κ2) is 6.83. The number of halogens is 1. The van der Waals surface area contributed by atoms with Crippen molar-refractivity contribution in [3.8, 4) is 5.88 Å². The highest BCUT2D eigenvalue weighted by molar-refractivity contribution is 7.17. The van der Waals surface area contributed by atoms with Crippen LogP contribution in [0.1, 0.15) is 42.6 Å².